The molecule has 0 aliphatic rings. The first-order valence-corrected chi connectivity index (χ1v) is 7.17. The second-order valence-electron chi connectivity index (χ2n) is 5.29. The van der Waals surface area contributed by atoms with Crippen LogP contribution in [0.25, 0.3) is 11.0 Å². The monoisotopic (exact) mass is 289 g/mol. The summed E-state index contributed by atoms with van der Waals surface area (Å²) in [4.78, 5) is 18.5. The van der Waals surface area contributed by atoms with E-state index in [4.69, 9.17) is 5.73 Å². The Labute approximate surface area is 124 Å². The van der Waals surface area contributed by atoms with E-state index in [9.17, 15) is 4.79 Å². The van der Waals surface area contributed by atoms with E-state index in [-0.39, 0.29) is 5.91 Å². The molecule has 1 aromatic carbocycles. The van der Waals surface area contributed by atoms with Crippen molar-refractivity contribution in [3.63, 3.8) is 0 Å². The first-order chi connectivity index (χ1) is 10.1. The Kier molecular flexibility index (Phi) is 5.30. The first-order valence-electron chi connectivity index (χ1n) is 7.17. The molecule has 0 bridgehead atoms. The molecule has 0 aliphatic heterocycles. The minimum Gasteiger partial charge on any atom is -0.355 e. The molecule has 2 aromatic rings. The van der Waals surface area contributed by atoms with Crippen LogP contribution < -0.4 is 11.1 Å². The van der Waals surface area contributed by atoms with Crippen LogP contribution in [0.15, 0.2) is 24.3 Å². The summed E-state index contributed by atoms with van der Waals surface area (Å²) in [7, 11) is 4.02. The fourth-order valence-corrected chi connectivity index (χ4v) is 2.29. The van der Waals surface area contributed by atoms with E-state index in [0.29, 0.717) is 26.1 Å². The number of carbonyl (C=O) groups excluding carboxylic acids is 1. The summed E-state index contributed by atoms with van der Waals surface area (Å²) in [6.07, 6.45) is 0.431. The summed E-state index contributed by atoms with van der Waals surface area (Å²) in [5.74, 6) is 1.00. The second kappa shape index (κ2) is 7.19. The van der Waals surface area contributed by atoms with Gasteiger partial charge in [0.1, 0.15) is 5.82 Å². The van der Waals surface area contributed by atoms with Gasteiger partial charge in [0, 0.05) is 26.1 Å². The fourth-order valence-electron chi connectivity index (χ4n) is 2.29. The predicted octanol–water partition coefficient (Wildman–Crippen LogP) is 0.563. The number of imidazole rings is 1. The standard InChI is InChI=1S/C15H23N5O/c1-19(2)11-14-18-12-5-3-4-6-13(12)20(14)10-7-15(21)17-9-8-16/h3-6H,7-11,16H2,1-2H3,(H,17,21). The van der Waals surface area contributed by atoms with Crippen molar-refractivity contribution in [2.24, 2.45) is 5.73 Å². The molecule has 6 heteroatoms. The number of rotatable bonds is 7. The number of amides is 1. The average molecular weight is 289 g/mol. The Morgan fingerprint density at radius 3 is 2.86 bits per heavy atom. The van der Waals surface area contributed by atoms with Crippen molar-refractivity contribution < 1.29 is 4.79 Å². The Hall–Kier alpha value is -1.92. The van der Waals surface area contributed by atoms with Gasteiger partial charge in [0.25, 0.3) is 0 Å². The molecule has 1 aromatic heterocycles. The zero-order valence-corrected chi connectivity index (χ0v) is 12.7. The van der Waals surface area contributed by atoms with E-state index in [1.54, 1.807) is 0 Å². The second-order valence-corrected chi connectivity index (χ2v) is 5.29. The molecule has 0 atom stereocenters. The van der Waals surface area contributed by atoms with Gasteiger partial charge in [-0.15, -0.1) is 0 Å². The summed E-state index contributed by atoms with van der Waals surface area (Å²) in [5, 5.41) is 2.79. The van der Waals surface area contributed by atoms with Crippen molar-refractivity contribution in [3.05, 3.63) is 30.1 Å². The van der Waals surface area contributed by atoms with Gasteiger partial charge in [0.05, 0.1) is 17.6 Å². The van der Waals surface area contributed by atoms with Crippen LogP contribution in [0, 0.1) is 0 Å². The lowest BCUT2D eigenvalue weighted by atomic mass is 10.3. The summed E-state index contributed by atoms with van der Waals surface area (Å²) in [5.41, 5.74) is 7.42. The third-order valence-corrected chi connectivity index (χ3v) is 3.22. The molecule has 1 heterocycles. The fraction of sp³-hybridized carbons (Fsp3) is 0.467. The van der Waals surface area contributed by atoms with Crippen LogP contribution in [0.4, 0.5) is 0 Å². The average Bonchev–Trinajstić information content (AvgIpc) is 2.79. The van der Waals surface area contributed by atoms with Crippen LogP contribution in [0.2, 0.25) is 0 Å². The molecule has 0 fully saturated rings. The molecule has 0 unspecified atom stereocenters. The molecule has 0 saturated heterocycles. The van der Waals surface area contributed by atoms with Gasteiger partial charge in [0.2, 0.25) is 5.91 Å². The van der Waals surface area contributed by atoms with Crippen LogP contribution in [-0.2, 0) is 17.9 Å². The van der Waals surface area contributed by atoms with Crippen LogP contribution in [0.5, 0.6) is 0 Å². The van der Waals surface area contributed by atoms with Crippen LogP contribution in [0.1, 0.15) is 12.2 Å². The van der Waals surface area contributed by atoms with Gasteiger partial charge in [-0.3, -0.25) is 4.79 Å². The third kappa shape index (κ3) is 4.03. The van der Waals surface area contributed by atoms with Gasteiger partial charge in [0.15, 0.2) is 0 Å². The highest BCUT2D eigenvalue weighted by Gasteiger charge is 2.12. The van der Waals surface area contributed by atoms with Crippen molar-refractivity contribution in [1.82, 2.24) is 19.8 Å². The zero-order valence-electron chi connectivity index (χ0n) is 12.7. The number of hydrogen-bond acceptors (Lipinski definition) is 4. The molecule has 0 spiro atoms. The normalized spacial score (nSPS) is 11.2. The molecule has 0 radical (unpaired) electrons. The Morgan fingerprint density at radius 2 is 2.14 bits per heavy atom. The van der Waals surface area contributed by atoms with E-state index >= 15 is 0 Å². The number of para-hydroxylation sites is 2. The Balaban J connectivity index is 2.17. The maximum atomic E-state index is 11.8. The largest absolute Gasteiger partial charge is 0.355 e. The molecule has 114 valence electrons. The highest BCUT2D eigenvalue weighted by Crippen LogP contribution is 2.17. The van der Waals surface area contributed by atoms with E-state index in [0.717, 1.165) is 23.4 Å². The lowest BCUT2D eigenvalue weighted by Crippen LogP contribution is -2.29. The number of aromatic nitrogens is 2. The first kappa shape index (κ1) is 15.5. The number of fused-ring (bicyclic) bond motifs is 1. The Morgan fingerprint density at radius 1 is 1.38 bits per heavy atom. The molecule has 0 aliphatic carbocycles. The van der Waals surface area contributed by atoms with Crippen molar-refractivity contribution in [2.45, 2.75) is 19.5 Å². The number of aryl methyl sites for hydroxylation is 1. The summed E-state index contributed by atoms with van der Waals surface area (Å²) in [6.45, 7) is 2.36. The van der Waals surface area contributed by atoms with E-state index in [2.05, 4.69) is 19.8 Å². The molecule has 1 amide bonds. The van der Waals surface area contributed by atoms with Gasteiger partial charge >= 0.3 is 0 Å². The van der Waals surface area contributed by atoms with Crippen molar-refractivity contribution >= 4 is 16.9 Å². The lowest BCUT2D eigenvalue weighted by molar-refractivity contribution is -0.121. The lowest BCUT2D eigenvalue weighted by Gasteiger charge is -2.12. The third-order valence-electron chi connectivity index (χ3n) is 3.22. The van der Waals surface area contributed by atoms with Gasteiger partial charge in [-0.1, -0.05) is 12.1 Å². The van der Waals surface area contributed by atoms with E-state index in [1.807, 2.05) is 38.4 Å². The van der Waals surface area contributed by atoms with Gasteiger partial charge < -0.3 is 20.5 Å². The maximum absolute atomic E-state index is 11.8. The molecule has 6 nitrogen and oxygen atoms in total. The minimum absolute atomic E-state index is 0.0223. The van der Waals surface area contributed by atoms with E-state index in [1.165, 1.54) is 0 Å². The Bertz CT molecular complexity index is 605. The molecular weight excluding hydrogens is 266 g/mol. The summed E-state index contributed by atoms with van der Waals surface area (Å²) < 4.78 is 2.12. The molecular formula is C15H23N5O. The SMILES string of the molecule is CN(C)Cc1nc2ccccc2n1CCC(=O)NCCN. The van der Waals surface area contributed by atoms with Crippen LogP contribution in [0.3, 0.4) is 0 Å². The highest BCUT2D eigenvalue weighted by molar-refractivity contribution is 5.78. The minimum atomic E-state index is 0.0223. The van der Waals surface area contributed by atoms with Crippen molar-refractivity contribution in [3.8, 4) is 0 Å². The summed E-state index contributed by atoms with van der Waals surface area (Å²) in [6, 6.07) is 8.01. The number of benzene rings is 1. The topological polar surface area (TPSA) is 76.2 Å². The zero-order chi connectivity index (χ0) is 15.2. The highest BCUT2D eigenvalue weighted by atomic mass is 16.1. The number of nitrogens with zero attached hydrogens (tertiary/aromatic N) is 3. The van der Waals surface area contributed by atoms with Gasteiger partial charge in [-0.2, -0.15) is 0 Å². The number of nitrogens with one attached hydrogen (secondary N) is 1. The van der Waals surface area contributed by atoms with Gasteiger partial charge in [-0.25, -0.2) is 4.98 Å². The van der Waals surface area contributed by atoms with Crippen molar-refractivity contribution in [2.75, 3.05) is 27.2 Å². The van der Waals surface area contributed by atoms with E-state index < -0.39 is 0 Å². The number of nitrogens with two attached hydrogens (primary N) is 1. The molecule has 0 saturated carbocycles. The number of hydrogen-bond donors (Lipinski definition) is 2. The molecule has 21 heavy (non-hydrogen) atoms. The van der Waals surface area contributed by atoms with Crippen molar-refractivity contribution in [1.29, 1.82) is 0 Å². The quantitative estimate of drug-likeness (QED) is 0.781. The molecule has 2 rings (SSSR count). The molecule has 3 N–H and O–H groups in total. The smallest absolute Gasteiger partial charge is 0.221 e. The summed E-state index contributed by atoms with van der Waals surface area (Å²) >= 11 is 0. The van der Waals surface area contributed by atoms with Crippen LogP contribution in [-0.4, -0.2) is 47.5 Å². The number of carbonyl (C=O) groups is 1. The maximum Gasteiger partial charge on any atom is 0.221 e. The van der Waals surface area contributed by atoms with Gasteiger partial charge in [-0.05, 0) is 26.2 Å². The van der Waals surface area contributed by atoms with Crippen LogP contribution >= 0.6 is 0 Å². The predicted molar refractivity (Wildman–Crippen MR) is 83.8 cm³/mol.